The van der Waals surface area contributed by atoms with Crippen LogP contribution >= 0.6 is 0 Å². The number of rotatable bonds is 0. The van der Waals surface area contributed by atoms with E-state index >= 15 is 0 Å². The third kappa shape index (κ3) is 2.72. The van der Waals surface area contributed by atoms with E-state index < -0.39 is 0 Å². The van der Waals surface area contributed by atoms with Crippen LogP contribution in [0, 0.1) is 0 Å². The van der Waals surface area contributed by atoms with Gasteiger partial charge in [-0.1, -0.05) is 24.3 Å². The van der Waals surface area contributed by atoms with Crippen molar-refractivity contribution in [1.82, 2.24) is 14.6 Å². The van der Waals surface area contributed by atoms with E-state index in [2.05, 4.69) is 22.1 Å². The quantitative estimate of drug-likeness (QED) is 0.569. The van der Waals surface area contributed by atoms with E-state index in [1.165, 1.54) is 16.3 Å². The largest absolute Gasteiger partial charge is 0.368 e. The topological polar surface area (TPSA) is 82.8 Å². The monoisotopic (exact) mass is 227 g/mol. The molecule has 2 aromatic heterocycles. The van der Waals surface area contributed by atoms with Gasteiger partial charge in [0, 0.05) is 24.0 Å². The summed E-state index contributed by atoms with van der Waals surface area (Å²) >= 11 is 0. The molecule has 3 rings (SSSR count). The van der Waals surface area contributed by atoms with E-state index in [4.69, 9.17) is 11.6 Å². The van der Waals surface area contributed by atoms with Crippen LogP contribution in [-0.2, 0) is 0 Å². The second-order valence-corrected chi connectivity index (χ2v) is 3.39. The Kier molecular flexibility index (Phi) is 3.20. The van der Waals surface area contributed by atoms with Gasteiger partial charge in [0.2, 0.25) is 5.95 Å². The van der Waals surface area contributed by atoms with Crippen LogP contribution < -0.4 is 11.6 Å². The lowest BCUT2D eigenvalue weighted by molar-refractivity contribution is 1.02. The van der Waals surface area contributed by atoms with Crippen molar-refractivity contribution >= 4 is 16.9 Å². The van der Waals surface area contributed by atoms with Gasteiger partial charge in [0.05, 0.1) is 5.52 Å². The van der Waals surface area contributed by atoms with Crippen molar-refractivity contribution in [3.8, 4) is 0 Å². The molecule has 0 amide bonds. The number of pyridine rings is 1. The average molecular weight is 227 g/mol. The molecule has 0 fully saturated rings. The highest BCUT2D eigenvalue weighted by Gasteiger charge is 1.86. The Balaban J connectivity index is 0.000000136. The molecule has 0 spiro atoms. The SMILES string of the molecule is Nc1nccn1N.c1ccc2ncccc2c1. The molecule has 0 aliphatic carbocycles. The zero-order valence-corrected chi connectivity index (χ0v) is 9.19. The van der Waals surface area contributed by atoms with E-state index in [1.54, 1.807) is 6.20 Å². The summed E-state index contributed by atoms with van der Waals surface area (Å²) < 4.78 is 1.25. The number of nitrogen functional groups attached to an aromatic ring is 2. The van der Waals surface area contributed by atoms with Crippen LogP contribution in [0.5, 0.6) is 0 Å². The van der Waals surface area contributed by atoms with Crippen LogP contribution in [-0.4, -0.2) is 14.6 Å². The molecule has 5 heteroatoms. The van der Waals surface area contributed by atoms with Crippen LogP contribution in [0.2, 0.25) is 0 Å². The zero-order valence-electron chi connectivity index (χ0n) is 9.19. The number of hydrogen-bond donors (Lipinski definition) is 2. The summed E-state index contributed by atoms with van der Waals surface area (Å²) in [4.78, 5) is 7.81. The van der Waals surface area contributed by atoms with Gasteiger partial charge in [0.1, 0.15) is 0 Å². The Morgan fingerprint density at radius 1 is 0.941 bits per heavy atom. The van der Waals surface area contributed by atoms with Gasteiger partial charge in [-0.05, 0) is 12.1 Å². The summed E-state index contributed by atoms with van der Waals surface area (Å²) in [6.45, 7) is 0. The second-order valence-electron chi connectivity index (χ2n) is 3.39. The Hall–Kier alpha value is -2.56. The van der Waals surface area contributed by atoms with Crippen LogP contribution in [0.15, 0.2) is 55.0 Å². The van der Waals surface area contributed by atoms with Crippen molar-refractivity contribution in [3.63, 3.8) is 0 Å². The van der Waals surface area contributed by atoms with Crippen molar-refractivity contribution in [3.05, 3.63) is 55.0 Å². The van der Waals surface area contributed by atoms with E-state index in [-0.39, 0.29) is 0 Å². The Morgan fingerprint density at radius 2 is 1.71 bits per heavy atom. The van der Waals surface area contributed by atoms with Gasteiger partial charge < -0.3 is 11.6 Å². The molecule has 0 bridgehead atoms. The van der Waals surface area contributed by atoms with Crippen molar-refractivity contribution in [2.24, 2.45) is 0 Å². The smallest absolute Gasteiger partial charge is 0.218 e. The molecule has 1 aromatic carbocycles. The van der Waals surface area contributed by atoms with Gasteiger partial charge in [0.15, 0.2) is 0 Å². The van der Waals surface area contributed by atoms with Gasteiger partial charge >= 0.3 is 0 Å². The van der Waals surface area contributed by atoms with Crippen molar-refractivity contribution < 1.29 is 0 Å². The molecule has 0 atom stereocenters. The van der Waals surface area contributed by atoms with Crippen LogP contribution in [0.1, 0.15) is 0 Å². The van der Waals surface area contributed by atoms with E-state index in [9.17, 15) is 0 Å². The number of anilines is 1. The molecule has 0 unspecified atom stereocenters. The molecule has 2 heterocycles. The minimum Gasteiger partial charge on any atom is -0.368 e. The maximum Gasteiger partial charge on any atom is 0.218 e. The van der Waals surface area contributed by atoms with Gasteiger partial charge in [-0.2, -0.15) is 0 Å². The number of para-hydroxylation sites is 1. The molecular weight excluding hydrogens is 214 g/mol. The van der Waals surface area contributed by atoms with E-state index in [0.29, 0.717) is 5.95 Å². The molecule has 17 heavy (non-hydrogen) atoms. The molecule has 0 saturated heterocycles. The second kappa shape index (κ2) is 4.98. The summed E-state index contributed by atoms with van der Waals surface area (Å²) in [6, 6.07) is 12.1. The maximum atomic E-state index is 5.17. The zero-order chi connectivity index (χ0) is 12.1. The lowest BCUT2D eigenvalue weighted by Crippen LogP contribution is -2.09. The summed E-state index contributed by atoms with van der Waals surface area (Å²) in [5.41, 5.74) is 6.23. The lowest BCUT2D eigenvalue weighted by Gasteiger charge is -1.91. The Bertz CT molecular complexity index is 520. The maximum absolute atomic E-state index is 5.17. The first-order valence-electron chi connectivity index (χ1n) is 5.11. The fourth-order valence-electron chi connectivity index (χ4n) is 1.34. The molecule has 5 nitrogen and oxygen atoms in total. The first-order valence-corrected chi connectivity index (χ1v) is 5.11. The summed E-state index contributed by atoms with van der Waals surface area (Å²) in [5, 5.41) is 1.20. The van der Waals surface area contributed by atoms with Crippen LogP contribution in [0.25, 0.3) is 10.9 Å². The molecule has 0 radical (unpaired) electrons. The number of aromatic nitrogens is 3. The van der Waals surface area contributed by atoms with Crippen LogP contribution in [0.3, 0.4) is 0 Å². The third-order valence-corrected chi connectivity index (χ3v) is 2.21. The number of nitrogens with zero attached hydrogens (tertiary/aromatic N) is 3. The fourth-order valence-corrected chi connectivity index (χ4v) is 1.34. The molecule has 0 aliphatic heterocycles. The lowest BCUT2D eigenvalue weighted by atomic mass is 10.2. The summed E-state index contributed by atoms with van der Waals surface area (Å²) in [6.07, 6.45) is 4.92. The standard InChI is InChI=1S/C9H7N.C3H6N4/c1-2-6-9-8(4-1)5-3-7-10-9;4-3-6-1-2-7(3)5/h1-7H;1-2H,5H2,(H2,4,6). The minimum atomic E-state index is 0.333. The third-order valence-electron chi connectivity index (χ3n) is 2.21. The fraction of sp³-hybridized carbons (Fsp3) is 0. The number of imidazole rings is 1. The minimum absolute atomic E-state index is 0.333. The molecule has 0 saturated carbocycles. The first-order chi connectivity index (χ1) is 8.27. The van der Waals surface area contributed by atoms with E-state index in [0.717, 1.165) is 5.52 Å². The van der Waals surface area contributed by atoms with Gasteiger partial charge in [-0.25, -0.2) is 9.66 Å². The van der Waals surface area contributed by atoms with Gasteiger partial charge in [0.25, 0.3) is 0 Å². The highest BCUT2D eigenvalue weighted by Crippen LogP contribution is 2.07. The number of hydrogen-bond acceptors (Lipinski definition) is 4. The number of nitrogens with two attached hydrogens (primary N) is 2. The molecular formula is C12H13N5. The summed E-state index contributed by atoms with van der Waals surface area (Å²) in [5.74, 6) is 5.50. The Morgan fingerprint density at radius 3 is 2.29 bits per heavy atom. The van der Waals surface area contributed by atoms with Crippen molar-refractivity contribution in [2.75, 3.05) is 11.6 Å². The molecule has 0 aliphatic rings. The number of benzene rings is 1. The normalized spacial score (nSPS) is 9.65. The van der Waals surface area contributed by atoms with E-state index in [1.807, 2.05) is 30.5 Å². The average Bonchev–Trinajstić information content (AvgIpc) is 2.75. The van der Waals surface area contributed by atoms with Gasteiger partial charge in [-0.3, -0.25) is 4.98 Å². The molecule has 4 N–H and O–H groups in total. The highest BCUT2D eigenvalue weighted by atomic mass is 15.3. The molecule has 86 valence electrons. The van der Waals surface area contributed by atoms with Crippen molar-refractivity contribution in [2.45, 2.75) is 0 Å². The number of fused-ring (bicyclic) bond motifs is 1. The summed E-state index contributed by atoms with van der Waals surface area (Å²) in [7, 11) is 0. The van der Waals surface area contributed by atoms with Crippen molar-refractivity contribution in [1.29, 1.82) is 0 Å². The van der Waals surface area contributed by atoms with Gasteiger partial charge in [-0.15, -0.1) is 0 Å². The van der Waals surface area contributed by atoms with Crippen LogP contribution in [0.4, 0.5) is 5.95 Å². The predicted octanol–water partition coefficient (Wildman–Crippen LogP) is 1.41. The molecule has 3 aromatic rings. The Labute approximate surface area is 98.7 Å². The first kappa shape index (κ1) is 10.9. The highest BCUT2D eigenvalue weighted by molar-refractivity contribution is 5.77. The predicted molar refractivity (Wildman–Crippen MR) is 68.5 cm³/mol.